The van der Waals surface area contributed by atoms with Gasteiger partial charge in [0.25, 0.3) is 0 Å². The van der Waals surface area contributed by atoms with Crippen molar-refractivity contribution in [1.82, 2.24) is 9.29 Å². The maximum atomic E-state index is 12.0. The summed E-state index contributed by atoms with van der Waals surface area (Å²) in [5.41, 5.74) is 0.722. The number of rotatable bonds is 5. The van der Waals surface area contributed by atoms with Crippen molar-refractivity contribution < 1.29 is 8.42 Å². The molecule has 0 aliphatic heterocycles. The van der Waals surface area contributed by atoms with Crippen LogP contribution in [0.5, 0.6) is 0 Å². The SMILES string of the molecule is CN(C)S(=O)(=O)c1cccc(NCc2ncc(Cl)s2)c1. The topological polar surface area (TPSA) is 62.3 Å². The highest BCUT2D eigenvalue weighted by Crippen LogP contribution is 2.21. The van der Waals surface area contributed by atoms with Gasteiger partial charge in [0.05, 0.1) is 17.6 Å². The van der Waals surface area contributed by atoms with Crippen LogP contribution in [0.2, 0.25) is 4.34 Å². The van der Waals surface area contributed by atoms with Crippen molar-refractivity contribution >= 4 is 38.6 Å². The predicted octanol–water partition coefficient (Wildman–Crippen LogP) is 2.66. The van der Waals surface area contributed by atoms with Crippen molar-refractivity contribution in [3.05, 3.63) is 39.8 Å². The van der Waals surface area contributed by atoms with Crippen molar-refractivity contribution in [3.8, 4) is 0 Å². The van der Waals surface area contributed by atoms with E-state index in [0.717, 1.165) is 10.7 Å². The highest BCUT2D eigenvalue weighted by molar-refractivity contribution is 7.89. The normalized spacial score (nSPS) is 11.8. The quantitative estimate of drug-likeness (QED) is 0.915. The van der Waals surface area contributed by atoms with E-state index in [2.05, 4.69) is 10.3 Å². The Morgan fingerprint density at radius 1 is 1.40 bits per heavy atom. The smallest absolute Gasteiger partial charge is 0.242 e. The van der Waals surface area contributed by atoms with Crippen LogP contribution < -0.4 is 5.32 Å². The molecule has 0 aliphatic carbocycles. The molecule has 0 saturated carbocycles. The summed E-state index contributed by atoms with van der Waals surface area (Å²) < 4.78 is 25.9. The van der Waals surface area contributed by atoms with E-state index in [9.17, 15) is 8.42 Å². The van der Waals surface area contributed by atoms with Crippen molar-refractivity contribution in [1.29, 1.82) is 0 Å². The first kappa shape index (κ1) is 15.2. The van der Waals surface area contributed by atoms with Gasteiger partial charge in [-0.25, -0.2) is 17.7 Å². The third-order valence-electron chi connectivity index (χ3n) is 2.58. The Labute approximate surface area is 127 Å². The van der Waals surface area contributed by atoms with E-state index in [0.29, 0.717) is 10.9 Å². The number of aromatic nitrogens is 1. The van der Waals surface area contributed by atoms with Gasteiger partial charge in [-0.1, -0.05) is 17.7 Å². The third-order valence-corrected chi connectivity index (χ3v) is 5.51. The van der Waals surface area contributed by atoms with E-state index < -0.39 is 10.0 Å². The van der Waals surface area contributed by atoms with Gasteiger partial charge in [-0.15, -0.1) is 11.3 Å². The number of sulfonamides is 1. The van der Waals surface area contributed by atoms with E-state index in [1.54, 1.807) is 24.4 Å². The zero-order chi connectivity index (χ0) is 14.8. The molecule has 108 valence electrons. The first-order chi connectivity index (χ1) is 9.39. The molecule has 1 N–H and O–H groups in total. The second-order valence-electron chi connectivity index (χ2n) is 4.23. The van der Waals surface area contributed by atoms with Gasteiger partial charge in [0.1, 0.15) is 9.34 Å². The van der Waals surface area contributed by atoms with Crippen LogP contribution >= 0.6 is 22.9 Å². The lowest BCUT2D eigenvalue weighted by atomic mass is 10.3. The number of hydrogen-bond acceptors (Lipinski definition) is 5. The average molecular weight is 332 g/mol. The highest BCUT2D eigenvalue weighted by atomic mass is 35.5. The van der Waals surface area contributed by atoms with Gasteiger partial charge >= 0.3 is 0 Å². The Hall–Kier alpha value is -1.15. The van der Waals surface area contributed by atoms with Gasteiger partial charge in [-0.3, -0.25) is 0 Å². The molecule has 0 fully saturated rings. The minimum atomic E-state index is -3.42. The minimum absolute atomic E-state index is 0.254. The Morgan fingerprint density at radius 2 is 2.15 bits per heavy atom. The number of benzene rings is 1. The molecule has 0 aliphatic rings. The summed E-state index contributed by atoms with van der Waals surface area (Å²) in [6, 6.07) is 6.68. The van der Waals surface area contributed by atoms with Gasteiger partial charge < -0.3 is 5.32 Å². The molecule has 5 nitrogen and oxygen atoms in total. The fraction of sp³-hybridized carbons (Fsp3) is 0.250. The Morgan fingerprint density at radius 3 is 2.75 bits per heavy atom. The summed E-state index contributed by atoms with van der Waals surface area (Å²) in [5.74, 6) is 0. The van der Waals surface area contributed by atoms with Crippen LogP contribution in [0.1, 0.15) is 5.01 Å². The van der Waals surface area contributed by atoms with Crippen molar-refractivity contribution in [2.45, 2.75) is 11.4 Å². The van der Waals surface area contributed by atoms with Gasteiger partial charge in [-0.2, -0.15) is 0 Å². The predicted molar refractivity (Wildman–Crippen MR) is 81.8 cm³/mol. The maximum Gasteiger partial charge on any atom is 0.242 e. The van der Waals surface area contributed by atoms with Crippen LogP contribution in [0, 0.1) is 0 Å². The van der Waals surface area contributed by atoms with Crippen molar-refractivity contribution in [2.24, 2.45) is 0 Å². The lowest BCUT2D eigenvalue weighted by molar-refractivity contribution is 0.521. The largest absolute Gasteiger partial charge is 0.378 e. The van der Waals surface area contributed by atoms with E-state index in [1.807, 2.05) is 6.07 Å². The summed E-state index contributed by atoms with van der Waals surface area (Å²) in [7, 11) is -0.405. The molecular weight excluding hydrogens is 318 g/mol. The molecule has 8 heteroatoms. The Bertz CT molecular complexity index is 698. The van der Waals surface area contributed by atoms with E-state index >= 15 is 0 Å². The minimum Gasteiger partial charge on any atom is -0.378 e. The number of anilines is 1. The highest BCUT2D eigenvalue weighted by Gasteiger charge is 2.17. The average Bonchev–Trinajstić information content (AvgIpc) is 2.82. The number of thiazole rings is 1. The molecule has 0 saturated heterocycles. The molecule has 2 rings (SSSR count). The summed E-state index contributed by atoms with van der Waals surface area (Å²) in [6.07, 6.45) is 1.59. The second-order valence-corrected chi connectivity index (χ2v) is 8.13. The Balaban J connectivity index is 2.14. The molecule has 0 unspecified atom stereocenters. The number of halogens is 1. The zero-order valence-electron chi connectivity index (χ0n) is 11.0. The summed E-state index contributed by atoms with van der Waals surface area (Å²) in [5, 5.41) is 3.98. The molecular formula is C12H14ClN3O2S2. The van der Waals surface area contributed by atoms with Gasteiger partial charge in [0.15, 0.2) is 0 Å². The number of nitrogens with zero attached hydrogens (tertiary/aromatic N) is 2. The van der Waals surface area contributed by atoms with Crippen LogP contribution in [0.4, 0.5) is 5.69 Å². The standard InChI is InChI=1S/C12H14ClN3O2S2/c1-16(2)20(17,18)10-5-3-4-9(6-10)14-8-12-15-7-11(13)19-12/h3-7,14H,8H2,1-2H3. The number of nitrogens with one attached hydrogen (secondary N) is 1. The summed E-state index contributed by atoms with van der Waals surface area (Å²) in [6.45, 7) is 0.503. The fourth-order valence-corrected chi connectivity index (χ4v) is 3.37. The fourth-order valence-electron chi connectivity index (χ4n) is 1.52. The van der Waals surface area contributed by atoms with Crippen LogP contribution in [0.15, 0.2) is 35.4 Å². The molecule has 0 bridgehead atoms. The molecule has 1 aromatic carbocycles. The molecule has 0 spiro atoms. The monoisotopic (exact) mass is 331 g/mol. The van der Waals surface area contributed by atoms with Crippen LogP contribution in [0.3, 0.4) is 0 Å². The molecule has 1 aromatic heterocycles. The second kappa shape index (κ2) is 6.09. The van der Waals surface area contributed by atoms with Crippen LogP contribution in [-0.4, -0.2) is 31.8 Å². The van der Waals surface area contributed by atoms with Crippen molar-refractivity contribution in [3.63, 3.8) is 0 Å². The third kappa shape index (κ3) is 3.49. The molecule has 0 radical (unpaired) electrons. The molecule has 20 heavy (non-hydrogen) atoms. The summed E-state index contributed by atoms with van der Waals surface area (Å²) >= 11 is 7.19. The molecule has 1 heterocycles. The van der Waals surface area contributed by atoms with Gasteiger partial charge in [0, 0.05) is 19.8 Å². The van der Waals surface area contributed by atoms with Gasteiger partial charge in [0.2, 0.25) is 10.0 Å². The number of hydrogen-bond donors (Lipinski definition) is 1. The zero-order valence-corrected chi connectivity index (χ0v) is 13.4. The first-order valence-corrected chi connectivity index (χ1v) is 8.40. The molecule has 0 amide bonds. The summed E-state index contributed by atoms with van der Waals surface area (Å²) in [4.78, 5) is 4.38. The lowest BCUT2D eigenvalue weighted by Gasteiger charge is -2.12. The van der Waals surface area contributed by atoms with Crippen LogP contribution in [-0.2, 0) is 16.6 Å². The maximum absolute atomic E-state index is 12.0. The lowest BCUT2D eigenvalue weighted by Crippen LogP contribution is -2.22. The first-order valence-electron chi connectivity index (χ1n) is 5.76. The van der Waals surface area contributed by atoms with Crippen molar-refractivity contribution in [2.75, 3.05) is 19.4 Å². The Kier molecular flexibility index (Phi) is 4.64. The van der Waals surface area contributed by atoms with E-state index in [-0.39, 0.29) is 4.90 Å². The van der Waals surface area contributed by atoms with E-state index in [4.69, 9.17) is 11.6 Å². The van der Waals surface area contributed by atoms with Gasteiger partial charge in [-0.05, 0) is 18.2 Å². The molecule has 2 aromatic rings. The molecule has 0 atom stereocenters. The van der Waals surface area contributed by atoms with Crippen LogP contribution in [0.25, 0.3) is 0 Å². The van der Waals surface area contributed by atoms with E-state index in [1.165, 1.54) is 29.7 Å².